The fourth-order valence-corrected chi connectivity index (χ4v) is 4.54. The van der Waals surface area contributed by atoms with Crippen molar-refractivity contribution in [1.82, 2.24) is 9.88 Å². The number of thiophene rings is 1. The Balaban J connectivity index is 1.49. The third-order valence-electron chi connectivity index (χ3n) is 5.05. The van der Waals surface area contributed by atoms with Crippen molar-refractivity contribution in [1.29, 1.82) is 0 Å². The Bertz CT molecular complexity index is 1100. The molecular formula is C24H23ClN2OS. The van der Waals surface area contributed by atoms with Crippen molar-refractivity contribution in [3.05, 3.63) is 82.7 Å². The molecule has 2 heterocycles. The van der Waals surface area contributed by atoms with E-state index in [1.807, 2.05) is 42.5 Å². The van der Waals surface area contributed by atoms with Gasteiger partial charge in [-0.05, 0) is 61.0 Å². The summed E-state index contributed by atoms with van der Waals surface area (Å²) in [4.78, 5) is 14.0. The van der Waals surface area contributed by atoms with Crippen LogP contribution in [-0.2, 0) is 17.8 Å². The number of hydrogen-bond donors (Lipinski definition) is 1. The Morgan fingerprint density at radius 1 is 1.10 bits per heavy atom. The highest BCUT2D eigenvalue weighted by molar-refractivity contribution is 7.13. The van der Waals surface area contributed by atoms with Crippen LogP contribution in [0.3, 0.4) is 0 Å². The van der Waals surface area contributed by atoms with E-state index in [9.17, 15) is 4.79 Å². The second-order valence-corrected chi connectivity index (χ2v) is 8.67. The number of carbonyl (C=O) groups is 1. The van der Waals surface area contributed by atoms with E-state index in [2.05, 4.69) is 46.5 Å². The van der Waals surface area contributed by atoms with Crippen LogP contribution in [0.4, 0.5) is 0 Å². The number of fused-ring (bicyclic) bond motifs is 1. The van der Waals surface area contributed by atoms with Gasteiger partial charge in [0.25, 0.3) is 0 Å². The molecule has 0 aliphatic rings. The highest BCUT2D eigenvalue weighted by atomic mass is 35.5. The Morgan fingerprint density at radius 2 is 1.93 bits per heavy atom. The number of carbonyl (C=O) groups excluding carboxylic acids is 1. The normalized spacial score (nSPS) is 12.2. The molecule has 2 aromatic heterocycles. The minimum atomic E-state index is 0.0239. The third kappa shape index (κ3) is 4.72. The SMILES string of the molecule is C[C@H](CCc1ccccc1)NC(=O)Cn1c(-c2cccs2)cc2cc(Cl)ccc21. The van der Waals surface area contributed by atoms with Gasteiger partial charge >= 0.3 is 0 Å². The van der Waals surface area contributed by atoms with Crippen molar-refractivity contribution in [3.8, 4) is 10.6 Å². The van der Waals surface area contributed by atoms with E-state index in [-0.39, 0.29) is 18.5 Å². The van der Waals surface area contributed by atoms with Gasteiger partial charge in [-0.25, -0.2) is 0 Å². The molecule has 0 saturated heterocycles. The minimum absolute atomic E-state index is 0.0239. The first-order valence-electron chi connectivity index (χ1n) is 9.76. The van der Waals surface area contributed by atoms with E-state index >= 15 is 0 Å². The molecule has 0 unspecified atom stereocenters. The molecule has 0 aliphatic carbocycles. The summed E-state index contributed by atoms with van der Waals surface area (Å²) in [5.41, 5.74) is 3.36. The maximum atomic E-state index is 12.8. The van der Waals surface area contributed by atoms with E-state index in [1.54, 1.807) is 11.3 Å². The van der Waals surface area contributed by atoms with Gasteiger partial charge in [0.1, 0.15) is 6.54 Å². The van der Waals surface area contributed by atoms with Gasteiger partial charge < -0.3 is 9.88 Å². The molecule has 3 nitrogen and oxygen atoms in total. The van der Waals surface area contributed by atoms with Gasteiger partial charge in [-0.3, -0.25) is 4.79 Å². The predicted molar refractivity (Wildman–Crippen MR) is 123 cm³/mol. The first kappa shape index (κ1) is 19.7. The molecule has 148 valence electrons. The van der Waals surface area contributed by atoms with Crippen LogP contribution in [0.25, 0.3) is 21.5 Å². The summed E-state index contributed by atoms with van der Waals surface area (Å²) in [6.07, 6.45) is 1.86. The van der Waals surface area contributed by atoms with Gasteiger partial charge in [-0.15, -0.1) is 11.3 Å². The molecule has 1 N–H and O–H groups in total. The molecule has 1 amide bonds. The predicted octanol–water partition coefficient (Wildman–Crippen LogP) is 6.16. The second kappa shape index (κ2) is 8.85. The molecule has 0 radical (unpaired) electrons. The van der Waals surface area contributed by atoms with Crippen molar-refractivity contribution in [2.75, 3.05) is 0 Å². The van der Waals surface area contributed by atoms with Crippen LogP contribution >= 0.6 is 22.9 Å². The molecule has 5 heteroatoms. The summed E-state index contributed by atoms with van der Waals surface area (Å²) in [7, 11) is 0. The lowest BCUT2D eigenvalue weighted by Gasteiger charge is -2.16. The van der Waals surface area contributed by atoms with E-state index < -0.39 is 0 Å². The summed E-state index contributed by atoms with van der Waals surface area (Å²) in [6.45, 7) is 2.35. The fraction of sp³-hybridized carbons (Fsp3) is 0.208. The molecule has 2 aromatic carbocycles. The number of benzene rings is 2. The number of hydrogen-bond acceptors (Lipinski definition) is 2. The van der Waals surface area contributed by atoms with Gasteiger partial charge in [0.05, 0.1) is 10.6 Å². The molecule has 0 spiro atoms. The summed E-state index contributed by atoms with van der Waals surface area (Å²) in [6, 6.07) is 22.5. The maximum Gasteiger partial charge on any atom is 0.240 e. The van der Waals surface area contributed by atoms with E-state index in [0.29, 0.717) is 5.02 Å². The zero-order chi connectivity index (χ0) is 20.2. The summed E-state index contributed by atoms with van der Waals surface area (Å²) < 4.78 is 2.08. The zero-order valence-corrected chi connectivity index (χ0v) is 17.8. The molecule has 0 aliphatic heterocycles. The van der Waals surface area contributed by atoms with Gasteiger partial charge in [-0.2, -0.15) is 0 Å². The van der Waals surface area contributed by atoms with Crippen molar-refractivity contribution < 1.29 is 4.79 Å². The highest BCUT2D eigenvalue weighted by Crippen LogP contribution is 2.32. The Hall–Kier alpha value is -2.56. The molecular weight excluding hydrogens is 400 g/mol. The number of rotatable bonds is 7. The van der Waals surface area contributed by atoms with Crippen molar-refractivity contribution in [2.45, 2.75) is 32.4 Å². The Kier molecular flexibility index (Phi) is 6.02. The largest absolute Gasteiger partial charge is 0.352 e. The molecule has 29 heavy (non-hydrogen) atoms. The first-order chi connectivity index (χ1) is 14.1. The highest BCUT2D eigenvalue weighted by Gasteiger charge is 2.16. The standard InChI is InChI=1S/C24H23ClN2OS/c1-17(9-10-18-6-3-2-4-7-18)26-24(28)16-27-21-12-11-20(25)14-19(21)15-22(27)23-8-5-13-29-23/h2-8,11-15,17H,9-10,16H2,1H3,(H,26,28)/t17-/m1/s1. The van der Waals surface area contributed by atoms with Crippen LogP contribution in [-0.4, -0.2) is 16.5 Å². The van der Waals surface area contributed by atoms with E-state index in [4.69, 9.17) is 11.6 Å². The van der Waals surface area contributed by atoms with Crippen LogP contribution in [0.1, 0.15) is 18.9 Å². The lowest BCUT2D eigenvalue weighted by molar-refractivity contribution is -0.122. The zero-order valence-electron chi connectivity index (χ0n) is 16.3. The summed E-state index contributed by atoms with van der Waals surface area (Å²) in [5.74, 6) is 0.0239. The van der Waals surface area contributed by atoms with Gasteiger partial charge in [-0.1, -0.05) is 48.0 Å². The quantitative estimate of drug-likeness (QED) is 0.380. The number of halogens is 1. The average molecular weight is 423 g/mol. The van der Waals surface area contributed by atoms with Crippen molar-refractivity contribution >= 4 is 39.7 Å². The van der Waals surface area contributed by atoms with Crippen LogP contribution < -0.4 is 5.32 Å². The molecule has 4 aromatic rings. The number of amides is 1. The summed E-state index contributed by atoms with van der Waals surface area (Å²) in [5, 5.41) is 6.95. The Morgan fingerprint density at radius 3 is 2.69 bits per heavy atom. The Labute approximate surface area is 179 Å². The third-order valence-corrected chi connectivity index (χ3v) is 6.18. The van der Waals surface area contributed by atoms with E-state index in [0.717, 1.165) is 34.3 Å². The van der Waals surface area contributed by atoms with E-state index in [1.165, 1.54) is 5.56 Å². The van der Waals surface area contributed by atoms with Gasteiger partial charge in [0.15, 0.2) is 0 Å². The van der Waals surface area contributed by atoms with Gasteiger partial charge in [0.2, 0.25) is 5.91 Å². The van der Waals surface area contributed by atoms with Crippen LogP contribution in [0.15, 0.2) is 72.1 Å². The molecule has 0 saturated carbocycles. The summed E-state index contributed by atoms with van der Waals surface area (Å²) >= 11 is 7.85. The minimum Gasteiger partial charge on any atom is -0.352 e. The lowest BCUT2D eigenvalue weighted by atomic mass is 10.1. The maximum absolute atomic E-state index is 12.8. The number of aromatic nitrogens is 1. The average Bonchev–Trinajstić information content (AvgIpc) is 3.35. The molecule has 4 rings (SSSR count). The molecule has 0 fully saturated rings. The molecule has 1 atom stereocenters. The smallest absolute Gasteiger partial charge is 0.240 e. The second-order valence-electron chi connectivity index (χ2n) is 7.29. The lowest BCUT2D eigenvalue weighted by Crippen LogP contribution is -2.35. The monoisotopic (exact) mass is 422 g/mol. The molecule has 0 bridgehead atoms. The topological polar surface area (TPSA) is 34.0 Å². The van der Waals surface area contributed by atoms with Crippen LogP contribution in [0.5, 0.6) is 0 Å². The van der Waals surface area contributed by atoms with Crippen molar-refractivity contribution in [3.63, 3.8) is 0 Å². The number of nitrogens with one attached hydrogen (secondary N) is 1. The van der Waals surface area contributed by atoms with Crippen LogP contribution in [0.2, 0.25) is 5.02 Å². The number of aryl methyl sites for hydroxylation is 1. The fourth-order valence-electron chi connectivity index (χ4n) is 3.60. The number of nitrogens with zero attached hydrogens (tertiary/aromatic N) is 1. The van der Waals surface area contributed by atoms with Crippen LogP contribution in [0, 0.1) is 0 Å². The van der Waals surface area contributed by atoms with Gasteiger partial charge in [0, 0.05) is 22.0 Å². The van der Waals surface area contributed by atoms with Crippen molar-refractivity contribution in [2.24, 2.45) is 0 Å². The first-order valence-corrected chi connectivity index (χ1v) is 11.0.